The van der Waals surface area contributed by atoms with Crippen LogP contribution in [0.2, 0.25) is 0 Å². The predicted molar refractivity (Wildman–Crippen MR) is 97.1 cm³/mol. The molecule has 3 N–H and O–H groups in total. The molecular weight excluding hydrogens is 333 g/mol. The van der Waals surface area contributed by atoms with Crippen LogP contribution in [0.5, 0.6) is 0 Å². The van der Waals surface area contributed by atoms with Crippen LogP contribution in [0.25, 0.3) is 5.65 Å². The average Bonchev–Trinajstić information content (AvgIpc) is 3.04. The highest BCUT2D eigenvalue weighted by atomic mass is 19.1. The molecule has 6 nitrogen and oxygen atoms in total. The lowest BCUT2D eigenvalue weighted by atomic mass is 10.0. The minimum absolute atomic E-state index is 0.295. The molecule has 0 aliphatic carbocycles. The third kappa shape index (κ3) is 3.88. The summed E-state index contributed by atoms with van der Waals surface area (Å²) in [6, 6.07) is 12.7. The number of nitrogens with zero attached hydrogens (tertiary/aromatic N) is 3. The van der Waals surface area contributed by atoms with Gasteiger partial charge in [-0.1, -0.05) is 36.4 Å². The van der Waals surface area contributed by atoms with Gasteiger partial charge in [-0.15, -0.1) is 10.2 Å². The Bertz CT molecular complexity index is 901. The van der Waals surface area contributed by atoms with E-state index in [1.54, 1.807) is 36.6 Å². The first-order valence-electron chi connectivity index (χ1n) is 8.42. The fourth-order valence-electron chi connectivity index (χ4n) is 2.67. The number of aromatic nitrogens is 3. The Kier molecular flexibility index (Phi) is 4.99. The molecule has 0 saturated carbocycles. The summed E-state index contributed by atoms with van der Waals surface area (Å²) < 4.78 is 14.8. The third-order valence-corrected chi connectivity index (χ3v) is 4.13. The van der Waals surface area contributed by atoms with E-state index in [-0.39, 0.29) is 5.91 Å². The molecule has 2 aromatic heterocycles. The largest absolute Gasteiger partial charge is 0.344 e. The fourth-order valence-corrected chi connectivity index (χ4v) is 2.67. The highest BCUT2D eigenvalue weighted by Crippen LogP contribution is 2.20. The zero-order chi connectivity index (χ0) is 18.7. The van der Waals surface area contributed by atoms with E-state index in [1.165, 1.54) is 0 Å². The molecule has 0 aliphatic heterocycles. The number of hydrogen-bond donors (Lipinski definition) is 2. The van der Waals surface area contributed by atoms with E-state index in [4.69, 9.17) is 5.73 Å². The van der Waals surface area contributed by atoms with E-state index in [0.29, 0.717) is 23.5 Å². The Labute approximate surface area is 151 Å². The van der Waals surface area contributed by atoms with Crippen LogP contribution >= 0.6 is 0 Å². The zero-order valence-electron chi connectivity index (χ0n) is 14.8. The molecule has 2 heterocycles. The summed E-state index contributed by atoms with van der Waals surface area (Å²) in [5, 5.41) is 11.3. The second-order valence-electron chi connectivity index (χ2n) is 6.89. The molecule has 136 valence electrons. The van der Waals surface area contributed by atoms with E-state index >= 15 is 0 Å². The fraction of sp³-hybridized carbons (Fsp3) is 0.316. The minimum atomic E-state index is -1.03. The van der Waals surface area contributed by atoms with E-state index in [9.17, 15) is 9.18 Å². The van der Waals surface area contributed by atoms with E-state index in [1.807, 2.05) is 30.3 Å². The monoisotopic (exact) mass is 355 g/mol. The van der Waals surface area contributed by atoms with Crippen molar-refractivity contribution in [1.29, 1.82) is 0 Å². The standard InChI is InChI=1S/C19H22FN5O/c1-19(2,21)18(26)22-15(10-13-6-4-3-5-7-13)17-24-23-16-9-8-14(11-20)12-25(16)17/h3-9,12,15H,10-11,21H2,1-2H3,(H,22,26)/t15-/m1/s1. The van der Waals surface area contributed by atoms with Gasteiger partial charge < -0.3 is 11.1 Å². The molecule has 3 aromatic rings. The Balaban J connectivity index is 2.00. The summed E-state index contributed by atoms with van der Waals surface area (Å²) in [6.45, 7) is 2.70. The Morgan fingerprint density at radius 1 is 1.19 bits per heavy atom. The van der Waals surface area contributed by atoms with E-state index in [2.05, 4.69) is 15.5 Å². The lowest BCUT2D eigenvalue weighted by Gasteiger charge is -2.23. The van der Waals surface area contributed by atoms with Crippen molar-refractivity contribution in [2.24, 2.45) is 5.73 Å². The second kappa shape index (κ2) is 7.21. The van der Waals surface area contributed by atoms with Gasteiger partial charge in [-0.3, -0.25) is 9.20 Å². The molecule has 0 bridgehead atoms. The Morgan fingerprint density at radius 3 is 2.58 bits per heavy atom. The summed E-state index contributed by atoms with van der Waals surface area (Å²) >= 11 is 0. The average molecular weight is 355 g/mol. The molecule has 1 amide bonds. The number of benzene rings is 1. The van der Waals surface area contributed by atoms with Crippen molar-refractivity contribution in [2.75, 3.05) is 0 Å². The first kappa shape index (κ1) is 18.0. The van der Waals surface area contributed by atoms with Crippen LogP contribution in [0.15, 0.2) is 48.7 Å². The van der Waals surface area contributed by atoms with Crippen LogP contribution in [0.1, 0.15) is 36.8 Å². The molecule has 0 aliphatic rings. The van der Waals surface area contributed by atoms with Crippen LogP contribution in [0, 0.1) is 0 Å². The third-order valence-electron chi connectivity index (χ3n) is 4.13. The van der Waals surface area contributed by atoms with Crippen molar-refractivity contribution in [1.82, 2.24) is 19.9 Å². The normalized spacial score (nSPS) is 12.9. The molecule has 1 aromatic carbocycles. The van der Waals surface area contributed by atoms with Gasteiger partial charge in [0.05, 0.1) is 11.6 Å². The highest BCUT2D eigenvalue weighted by Gasteiger charge is 2.28. The van der Waals surface area contributed by atoms with Gasteiger partial charge in [-0.2, -0.15) is 0 Å². The number of nitrogens with one attached hydrogen (secondary N) is 1. The van der Waals surface area contributed by atoms with Gasteiger partial charge in [-0.25, -0.2) is 4.39 Å². The van der Waals surface area contributed by atoms with Crippen LogP contribution in [-0.2, 0) is 17.9 Å². The van der Waals surface area contributed by atoms with Gasteiger partial charge >= 0.3 is 0 Å². The van der Waals surface area contributed by atoms with Crippen molar-refractivity contribution < 1.29 is 9.18 Å². The molecule has 0 spiro atoms. The SMILES string of the molecule is CC(C)(N)C(=O)N[C@H](Cc1ccccc1)c1nnc2ccc(CF)cn12. The number of fused-ring (bicyclic) bond motifs is 1. The number of nitrogens with two attached hydrogens (primary N) is 1. The van der Waals surface area contributed by atoms with Crippen molar-refractivity contribution in [3.63, 3.8) is 0 Å². The number of hydrogen-bond acceptors (Lipinski definition) is 4. The maximum absolute atomic E-state index is 13.1. The quantitative estimate of drug-likeness (QED) is 0.711. The minimum Gasteiger partial charge on any atom is -0.344 e. The van der Waals surface area contributed by atoms with Crippen molar-refractivity contribution in [3.8, 4) is 0 Å². The van der Waals surface area contributed by atoms with E-state index in [0.717, 1.165) is 5.56 Å². The van der Waals surface area contributed by atoms with Gasteiger partial charge in [0.25, 0.3) is 0 Å². The number of alkyl halides is 1. The molecular formula is C19H22FN5O. The van der Waals surface area contributed by atoms with Gasteiger partial charge in [0.15, 0.2) is 11.5 Å². The maximum Gasteiger partial charge on any atom is 0.240 e. The smallest absolute Gasteiger partial charge is 0.240 e. The number of carbonyl (C=O) groups is 1. The molecule has 0 fully saturated rings. The zero-order valence-corrected chi connectivity index (χ0v) is 14.8. The summed E-state index contributed by atoms with van der Waals surface area (Å²) in [6.07, 6.45) is 2.17. The Hall–Kier alpha value is -2.80. The molecule has 3 rings (SSSR count). The topological polar surface area (TPSA) is 85.3 Å². The summed E-state index contributed by atoms with van der Waals surface area (Å²) in [7, 11) is 0. The number of rotatable bonds is 6. The second-order valence-corrected chi connectivity index (χ2v) is 6.89. The number of pyridine rings is 1. The van der Waals surface area contributed by atoms with Crippen LogP contribution in [0.3, 0.4) is 0 Å². The van der Waals surface area contributed by atoms with Gasteiger partial charge in [-0.05, 0) is 37.5 Å². The molecule has 26 heavy (non-hydrogen) atoms. The first-order chi connectivity index (χ1) is 12.4. The summed E-state index contributed by atoms with van der Waals surface area (Å²) in [5.74, 6) is 0.244. The highest BCUT2D eigenvalue weighted by molar-refractivity contribution is 5.85. The molecule has 0 unspecified atom stereocenters. The molecule has 7 heteroatoms. The van der Waals surface area contributed by atoms with Crippen molar-refractivity contribution >= 4 is 11.6 Å². The van der Waals surface area contributed by atoms with Crippen molar-refractivity contribution in [2.45, 2.75) is 38.5 Å². The van der Waals surface area contributed by atoms with Crippen LogP contribution < -0.4 is 11.1 Å². The number of carbonyl (C=O) groups excluding carboxylic acids is 1. The maximum atomic E-state index is 13.1. The molecule has 0 saturated heterocycles. The first-order valence-corrected chi connectivity index (χ1v) is 8.42. The van der Waals surface area contributed by atoms with Crippen LogP contribution in [-0.4, -0.2) is 26.0 Å². The van der Waals surface area contributed by atoms with Gasteiger partial charge in [0, 0.05) is 6.20 Å². The van der Waals surface area contributed by atoms with Gasteiger partial charge in [0.2, 0.25) is 5.91 Å². The van der Waals surface area contributed by atoms with Crippen LogP contribution in [0.4, 0.5) is 4.39 Å². The number of halogens is 1. The van der Waals surface area contributed by atoms with Crippen molar-refractivity contribution in [3.05, 3.63) is 65.6 Å². The Morgan fingerprint density at radius 2 is 1.92 bits per heavy atom. The lowest BCUT2D eigenvalue weighted by Crippen LogP contribution is -2.50. The molecule has 1 atom stereocenters. The van der Waals surface area contributed by atoms with Gasteiger partial charge in [0.1, 0.15) is 6.67 Å². The van der Waals surface area contributed by atoms with E-state index < -0.39 is 18.3 Å². The summed E-state index contributed by atoms with van der Waals surface area (Å²) in [4.78, 5) is 12.5. The number of amides is 1. The predicted octanol–water partition coefficient (Wildman–Crippen LogP) is 2.34. The summed E-state index contributed by atoms with van der Waals surface area (Å²) in [5.41, 5.74) is 7.04. The lowest BCUT2D eigenvalue weighted by molar-refractivity contribution is -0.126. The molecule has 0 radical (unpaired) electrons.